The van der Waals surface area contributed by atoms with Crippen LogP contribution in [-0.2, 0) is 9.59 Å². The second-order valence-electron chi connectivity index (χ2n) is 7.08. The highest BCUT2D eigenvalue weighted by Gasteiger charge is 2.38. The molecular formula is C18H22N4O2. The zero-order valence-corrected chi connectivity index (χ0v) is 13.6. The number of amides is 2. The van der Waals surface area contributed by atoms with Crippen molar-refractivity contribution in [3.63, 3.8) is 0 Å². The summed E-state index contributed by atoms with van der Waals surface area (Å²) >= 11 is 0. The topological polar surface area (TPSA) is 82.9 Å². The van der Waals surface area contributed by atoms with Gasteiger partial charge >= 0.3 is 0 Å². The summed E-state index contributed by atoms with van der Waals surface area (Å²) in [5.74, 6) is 1.76. The first kappa shape index (κ1) is 15.3. The molecule has 2 fully saturated rings. The van der Waals surface area contributed by atoms with E-state index >= 15 is 0 Å². The van der Waals surface area contributed by atoms with Crippen molar-refractivity contribution in [2.24, 2.45) is 33.9 Å². The van der Waals surface area contributed by atoms with E-state index < -0.39 is 0 Å². The Labute approximate surface area is 141 Å². The predicted octanol–water partition coefficient (Wildman–Crippen LogP) is 1.90. The lowest BCUT2D eigenvalue weighted by Crippen LogP contribution is -2.36. The van der Waals surface area contributed by atoms with Crippen molar-refractivity contribution in [3.05, 3.63) is 24.3 Å². The lowest BCUT2D eigenvalue weighted by atomic mass is 9.74. The van der Waals surface area contributed by atoms with Crippen LogP contribution >= 0.6 is 0 Å². The molecular weight excluding hydrogens is 304 g/mol. The minimum Gasteiger partial charge on any atom is -0.273 e. The highest BCUT2D eigenvalue weighted by molar-refractivity contribution is 5.96. The molecule has 0 aromatic carbocycles. The van der Waals surface area contributed by atoms with Gasteiger partial charge in [0.05, 0.1) is 0 Å². The largest absolute Gasteiger partial charge is 0.273 e. The van der Waals surface area contributed by atoms with Crippen molar-refractivity contribution in [3.8, 4) is 0 Å². The molecule has 24 heavy (non-hydrogen) atoms. The fourth-order valence-electron chi connectivity index (χ4n) is 3.93. The number of nitrogens with zero attached hydrogens (tertiary/aromatic N) is 2. The molecule has 4 atom stereocenters. The van der Waals surface area contributed by atoms with E-state index in [1.807, 2.05) is 0 Å². The standard InChI is InChI=1S/C18H22N4O2/c23-17(21-19-15-9-11-3-1-5-13(11)15)7-8-18(24)22-20-16-10-12-4-2-6-14(12)16/h1-2,5-6,11-14H,3-4,7-10H2,(H,21,23)(H,22,24)/b19-15-,20-16-/t11-,12+,13-,14+. The van der Waals surface area contributed by atoms with E-state index in [2.05, 4.69) is 45.4 Å². The Hall–Kier alpha value is -2.24. The lowest BCUT2D eigenvalue weighted by Gasteiger charge is -2.31. The molecule has 0 bridgehead atoms. The predicted molar refractivity (Wildman–Crippen MR) is 91.1 cm³/mol. The number of fused-ring (bicyclic) bond motifs is 2. The minimum atomic E-state index is -0.224. The van der Waals surface area contributed by atoms with Gasteiger partial charge in [-0.2, -0.15) is 10.2 Å². The molecule has 0 aliphatic heterocycles. The molecule has 4 aliphatic carbocycles. The molecule has 0 spiro atoms. The SMILES string of the molecule is O=C(CCC(=O)N/N=C1/C[C@H]2CC=C[C@@H]12)N/N=C1/C[C@@H]2CC=C[C@H]12. The monoisotopic (exact) mass is 326 g/mol. The van der Waals surface area contributed by atoms with Crippen LogP contribution in [-0.4, -0.2) is 23.2 Å². The van der Waals surface area contributed by atoms with E-state index in [9.17, 15) is 9.59 Å². The summed E-state index contributed by atoms with van der Waals surface area (Å²) in [6, 6.07) is 0. The van der Waals surface area contributed by atoms with Crippen LogP contribution in [0.25, 0.3) is 0 Å². The summed E-state index contributed by atoms with van der Waals surface area (Å²) in [4.78, 5) is 23.6. The van der Waals surface area contributed by atoms with E-state index in [1.165, 1.54) is 0 Å². The summed E-state index contributed by atoms with van der Waals surface area (Å²) in [5.41, 5.74) is 7.21. The summed E-state index contributed by atoms with van der Waals surface area (Å²) in [5, 5.41) is 8.36. The molecule has 4 rings (SSSR count). The molecule has 0 radical (unpaired) electrons. The van der Waals surface area contributed by atoms with E-state index in [-0.39, 0.29) is 24.7 Å². The summed E-state index contributed by atoms with van der Waals surface area (Å²) in [6.07, 6.45) is 13.1. The molecule has 2 N–H and O–H groups in total. The number of carbonyl (C=O) groups is 2. The van der Waals surface area contributed by atoms with Crippen LogP contribution in [0.15, 0.2) is 34.5 Å². The number of nitrogens with one attached hydrogen (secondary N) is 2. The average Bonchev–Trinajstić information content (AvgIpc) is 3.09. The number of hydrogen-bond donors (Lipinski definition) is 2. The normalized spacial score (nSPS) is 35.3. The average molecular weight is 326 g/mol. The number of carbonyl (C=O) groups excluding carboxylic acids is 2. The van der Waals surface area contributed by atoms with E-state index in [0.29, 0.717) is 23.7 Å². The molecule has 0 saturated heterocycles. The van der Waals surface area contributed by atoms with Crippen LogP contribution in [0, 0.1) is 23.7 Å². The third kappa shape index (κ3) is 2.92. The fourth-order valence-corrected chi connectivity index (χ4v) is 3.93. The molecule has 0 aromatic heterocycles. The third-order valence-electron chi connectivity index (χ3n) is 5.52. The van der Waals surface area contributed by atoms with Gasteiger partial charge in [-0.3, -0.25) is 9.59 Å². The van der Waals surface area contributed by atoms with E-state index in [4.69, 9.17) is 0 Å². The van der Waals surface area contributed by atoms with Crippen molar-refractivity contribution in [2.45, 2.75) is 38.5 Å². The molecule has 6 nitrogen and oxygen atoms in total. The van der Waals surface area contributed by atoms with Crippen LogP contribution in [0.2, 0.25) is 0 Å². The Bertz CT molecular complexity index is 619. The van der Waals surface area contributed by atoms with Gasteiger partial charge in [0, 0.05) is 36.1 Å². The van der Waals surface area contributed by atoms with Gasteiger partial charge in [-0.1, -0.05) is 24.3 Å². The first-order valence-corrected chi connectivity index (χ1v) is 8.74. The molecule has 0 heterocycles. The zero-order chi connectivity index (χ0) is 16.5. The van der Waals surface area contributed by atoms with Crippen LogP contribution in [0.4, 0.5) is 0 Å². The summed E-state index contributed by atoms with van der Waals surface area (Å²) in [6.45, 7) is 0. The second kappa shape index (κ2) is 6.34. The number of allylic oxidation sites excluding steroid dienone is 4. The van der Waals surface area contributed by atoms with Crippen molar-refractivity contribution in [2.75, 3.05) is 0 Å². The van der Waals surface area contributed by atoms with Crippen LogP contribution in [0.5, 0.6) is 0 Å². The van der Waals surface area contributed by atoms with E-state index in [0.717, 1.165) is 37.1 Å². The smallest absolute Gasteiger partial charge is 0.240 e. The number of hydrogen-bond acceptors (Lipinski definition) is 4. The highest BCUT2D eigenvalue weighted by atomic mass is 16.2. The molecule has 0 aromatic rings. The zero-order valence-electron chi connectivity index (χ0n) is 13.6. The van der Waals surface area contributed by atoms with Gasteiger partial charge in [0.2, 0.25) is 11.8 Å². The first-order valence-electron chi connectivity index (χ1n) is 8.74. The Morgan fingerprint density at radius 3 is 1.75 bits per heavy atom. The Balaban J connectivity index is 1.15. The second-order valence-corrected chi connectivity index (χ2v) is 7.08. The number of rotatable bonds is 5. The number of hydrazone groups is 2. The quantitative estimate of drug-likeness (QED) is 0.597. The molecule has 6 heteroatoms. The maximum Gasteiger partial charge on any atom is 0.240 e. The van der Waals surface area contributed by atoms with Crippen LogP contribution < -0.4 is 10.9 Å². The van der Waals surface area contributed by atoms with Crippen LogP contribution in [0.3, 0.4) is 0 Å². The van der Waals surface area contributed by atoms with Crippen molar-refractivity contribution in [1.29, 1.82) is 0 Å². The third-order valence-corrected chi connectivity index (χ3v) is 5.52. The van der Waals surface area contributed by atoms with Gasteiger partial charge in [-0.25, -0.2) is 10.9 Å². The Morgan fingerprint density at radius 2 is 1.33 bits per heavy atom. The summed E-state index contributed by atoms with van der Waals surface area (Å²) < 4.78 is 0. The molecule has 2 amide bonds. The van der Waals surface area contributed by atoms with Gasteiger partial charge < -0.3 is 0 Å². The van der Waals surface area contributed by atoms with Crippen molar-refractivity contribution in [1.82, 2.24) is 10.9 Å². The van der Waals surface area contributed by atoms with Gasteiger partial charge in [0.1, 0.15) is 0 Å². The van der Waals surface area contributed by atoms with Gasteiger partial charge in [-0.05, 0) is 37.5 Å². The molecule has 2 saturated carbocycles. The summed E-state index contributed by atoms with van der Waals surface area (Å²) in [7, 11) is 0. The molecule has 4 aliphatic rings. The molecule has 126 valence electrons. The van der Waals surface area contributed by atoms with E-state index in [1.54, 1.807) is 0 Å². The van der Waals surface area contributed by atoms with Crippen molar-refractivity contribution < 1.29 is 9.59 Å². The first-order chi connectivity index (χ1) is 11.7. The Morgan fingerprint density at radius 1 is 0.875 bits per heavy atom. The fraction of sp³-hybridized carbons (Fsp3) is 0.556. The van der Waals surface area contributed by atoms with Crippen LogP contribution in [0.1, 0.15) is 38.5 Å². The lowest BCUT2D eigenvalue weighted by molar-refractivity contribution is -0.126. The van der Waals surface area contributed by atoms with Gasteiger partial charge in [0.25, 0.3) is 0 Å². The van der Waals surface area contributed by atoms with Gasteiger partial charge in [-0.15, -0.1) is 0 Å². The Kier molecular flexibility index (Phi) is 4.04. The minimum absolute atomic E-state index is 0.128. The molecule has 0 unspecified atom stereocenters. The maximum atomic E-state index is 11.8. The van der Waals surface area contributed by atoms with Gasteiger partial charge in [0.15, 0.2) is 0 Å². The maximum absolute atomic E-state index is 11.8. The highest BCUT2D eigenvalue weighted by Crippen LogP contribution is 2.40. The van der Waals surface area contributed by atoms with Crippen molar-refractivity contribution >= 4 is 23.2 Å².